The summed E-state index contributed by atoms with van der Waals surface area (Å²) in [6.45, 7) is 7.73. The highest BCUT2D eigenvalue weighted by Gasteiger charge is 2.19. The molecule has 0 unspecified atom stereocenters. The Morgan fingerprint density at radius 3 is 1.86 bits per heavy atom. The van der Waals surface area contributed by atoms with Crippen molar-refractivity contribution in [2.45, 2.75) is 12.8 Å². The van der Waals surface area contributed by atoms with Crippen molar-refractivity contribution >= 4 is 8.60 Å². The molecule has 0 saturated heterocycles. The van der Waals surface area contributed by atoms with Crippen LogP contribution in [0.4, 0.5) is 0 Å². The summed E-state index contributed by atoms with van der Waals surface area (Å²) in [5.41, 5.74) is 6.11. The monoisotopic (exact) mass is 390 g/mol. The van der Waals surface area contributed by atoms with Gasteiger partial charge in [0, 0.05) is 5.56 Å². The standard InChI is InChI=1S/C24H23O3P/c1-3-10-18-12-5-7-14-20(18)22-16-9-17-23(27-28(25)26)24(22)21-15-8-6-13-19(21)11-4-2/h3-9,12-17,25-26H,1-2,10-11H2. The van der Waals surface area contributed by atoms with Gasteiger partial charge in [-0.25, -0.2) is 0 Å². The van der Waals surface area contributed by atoms with Gasteiger partial charge < -0.3 is 14.3 Å². The maximum Gasteiger partial charge on any atom is 0.391 e. The molecule has 3 aromatic carbocycles. The first-order valence-corrected chi connectivity index (χ1v) is 10.2. The van der Waals surface area contributed by atoms with Crippen molar-refractivity contribution in [1.82, 2.24) is 0 Å². The molecule has 0 heterocycles. The van der Waals surface area contributed by atoms with Crippen LogP contribution in [0, 0.1) is 0 Å². The van der Waals surface area contributed by atoms with Crippen LogP contribution in [-0.2, 0) is 12.8 Å². The van der Waals surface area contributed by atoms with Gasteiger partial charge in [0.05, 0.1) is 0 Å². The predicted octanol–water partition coefficient (Wildman–Crippen LogP) is 6.07. The third-order valence-electron chi connectivity index (χ3n) is 4.53. The lowest BCUT2D eigenvalue weighted by Gasteiger charge is -2.19. The number of benzene rings is 3. The smallest absolute Gasteiger partial charge is 0.391 e. The third-order valence-corrected chi connectivity index (χ3v) is 4.89. The van der Waals surface area contributed by atoms with Crippen LogP contribution in [0.2, 0.25) is 0 Å². The molecule has 0 aliphatic heterocycles. The van der Waals surface area contributed by atoms with Crippen molar-refractivity contribution in [3.63, 3.8) is 0 Å². The molecular weight excluding hydrogens is 367 g/mol. The first-order chi connectivity index (χ1) is 13.7. The Morgan fingerprint density at radius 2 is 1.25 bits per heavy atom. The Hall–Kier alpha value is -2.71. The second-order valence-electron chi connectivity index (χ2n) is 6.32. The highest BCUT2D eigenvalue weighted by molar-refractivity contribution is 7.39. The molecule has 4 heteroatoms. The third kappa shape index (κ3) is 4.40. The van der Waals surface area contributed by atoms with Crippen LogP contribution in [-0.4, -0.2) is 9.79 Å². The summed E-state index contributed by atoms with van der Waals surface area (Å²) < 4.78 is 5.42. The van der Waals surface area contributed by atoms with E-state index in [1.807, 2.05) is 60.7 Å². The second-order valence-corrected chi connectivity index (χ2v) is 7.01. The van der Waals surface area contributed by atoms with E-state index in [9.17, 15) is 9.79 Å². The minimum Gasteiger partial charge on any atom is -0.426 e. The number of allylic oxidation sites excluding steroid dienone is 2. The minimum atomic E-state index is -2.53. The molecule has 0 amide bonds. The SMILES string of the molecule is C=CCc1ccccc1-c1cccc(OP(O)O)c1-c1ccccc1CC=C. The van der Waals surface area contributed by atoms with Crippen LogP contribution < -0.4 is 4.52 Å². The summed E-state index contributed by atoms with van der Waals surface area (Å²) in [4.78, 5) is 19.0. The number of rotatable bonds is 8. The predicted molar refractivity (Wildman–Crippen MR) is 117 cm³/mol. The molecule has 0 bridgehead atoms. The normalized spacial score (nSPS) is 10.7. The first kappa shape index (κ1) is 20.0. The zero-order valence-corrected chi connectivity index (χ0v) is 16.5. The summed E-state index contributed by atoms with van der Waals surface area (Å²) in [5, 5.41) is 0. The molecule has 28 heavy (non-hydrogen) atoms. The van der Waals surface area contributed by atoms with Crippen LogP contribution in [0.25, 0.3) is 22.3 Å². The summed E-state index contributed by atoms with van der Waals surface area (Å²) in [6.07, 6.45) is 5.18. The summed E-state index contributed by atoms with van der Waals surface area (Å²) >= 11 is 0. The number of hydrogen-bond donors (Lipinski definition) is 2. The van der Waals surface area contributed by atoms with E-state index in [2.05, 4.69) is 25.3 Å². The highest BCUT2D eigenvalue weighted by atomic mass is 31.2. The van der Waals surface area contributed by atoms with Crippen LogP contribution in [0.1, 0.15) is 11.1 Å². The van der Waals surface area contributed by atoms with Crippen LogP contribution >= 0.6 is 8.60 Å². The van der Waals surface area contributed by atoms with Gasteiger partial charge in [0.15, 0.2) is 0 Å². The van der Waals surface area contributed by atoms with Crippen molar-refractivity contribution in [3.8, 4) is 28.0 Å². The Bertz CT molecular complexity index is 979. The lowest BCUT2D eigenvalue weighted by Crippen LogP contribution is -1.97. The van der Waals surface area contributed by atoms with E-state index in [4.69, 9.17) is 4.52 Å². The van der Waals surface area contributed by atoms with Gasteiger partial charge in [0.2, 0.25) is 0 Å². The molecule has 0 aliphatic rings. The van der Waals surface area contributed by atoms with Gasteiger partial charge in [-0.05, 0) is 46.7 Å². The van der Waals surface area contributed by atoms with E-state index in [0.717, 1.165) is 39.8 Å². The van der Waals surface area contributed by atoms with Crippen molar-refractivity contribution in [2.75, 3.05) is 0 Å². The number of hydrogen-bond acceptors (Lipinski definition) is 3. The van der Waals surface area contributed by atoms with Gasteiger partial charge in [0.1, 0.15) is 5.75 Å². The lowest BCUT2D eigenvalue weighted by atomic mass is 9.88. The summed E-state index contributed by atoms with van der Waals surface area (Å²) in [6, 6.07) is 21.9. The van der Waals surface area contributed by atoms with Crippen LogP contribution in [0.3, 0.4) is 0 Å². The quantitative estimate of drug-likeness (QED) is 0.363. The molecule has 0 radical (unpaired) electrons. The van der Waals surface area contributed by atoms with Crippen LogP contribution in [0.5, 0.6) is 5.75 Å². The second kappa shape index (κ2) is 9.48. The largest absolute Gasteiger partial charge is 0.426 e. The molecular formula is C24H23O3P. The van der Waals surface area contributed by atoms with E-state index in [-0.39, 0.29) is 0 Å². The topological polar surface area (TPSA) is 49.7 Å². The molecule has 0 spiro atoms. The van der Waals surface area contributed by atoms with Crippen molar-refractivity contribution < 1.29 is 14.3 Å². The fourth-order valence-electron chi connectivity index (χ4n) is 3.41. The molecule has 0 atom stereocenters. The van der Waals surface area contributed by atoms with E-state index < -0.39 is 8.60 Å². The Morgan fingerprint density at radius 1 is 0.714 bits per heavy atom. The molecule has 0 fully saturated rings. The molecule has 3 rings (SSSR count). The van der Waals surface area contributed by atoms with Gasteiger partial charge in [0.25, 0.3) is 0 Å². The van der Waals surface area contributed by atoms with Crippen molar-refractivity contribution in [1.29, 1.82) is 0 Å². The molecule has 3 aromatic rings. The van der Waals surface area contributed by atoms with Gasteiger partial charge >= 0.3 is 8.60 Å². The van der Waals surface area contributed by atoms with Crippen molar-refractivity contribution in [3.05, 3.63) is 103 Å². The van der Waals surface area contributed by atoms with Gasteiger partial charge in [-0.1, -0.05) is 72.8 Å². The maximum atomic E-state index is 9.52. The van der Waals surface area contributed by atoms with Gasteiger partial charge in [-0.15, -0.1) is 13.2 Å². The molecule has 2 N–H and O–H groups in total. The van der Waals surface area contributed by atoms with Gasteiger partial charge in [-0.2, -0.15) is 0 Å². The average molecular weight is 390 g/mol. The van der Waals surface area contributed by atoms with E-state index >= 15 is 0 Å². The zero-order valence-electron chi connectivity index (χ0n) is 15.6. The summed E-state index contributed by atoms with van der Waals surface area (Å²) in [7, 11) is -2.53. The zero-order chi connectivity index (χ0) is 19.9. The molecule has 0 aromatic heterocycles. The minimum absolute atomic E-state index is 0.443. The Labute approximate surface area is 167 Å². The van der Waals surface area contributed by atoms with Crippen LogP contribution in [0.15, 0.2) is 92.0 Å². The molecule has 142 valence electrons. The van der Waals surface area contributed by atoms with Crippen molar-refractivity contribution in [2.24, 2.45) is 0 Å². The van der Waals surface area contributed by atoms with E-state index in [1.54, 1.807) is 6.07 Å². The van der Waals surface area contributed by atoms with E-state index in [0.29, 0.717) is 12.2 Å². The average Bonchev–Trinajstić information content (AvgIpc) is 2.69. The fraction of sp³-hybridized carbons (Fsp3) is 0.0833. The first-order valence-electron chi connectivity index (χ1n) is 9.03. The van der Waals surface area contributed by atoms with E-state index in [1.165, 1.54) is 0 Å². The summed E-state index contributed by atoms with van der Waals surface area (Å²) in [5.74, 6) is 0.443. The molecule has 0 aliphatic carbocycles. The Balaban J connectivity index is 2.31. The molecule has 0 saturated carbocycles. The van der Waals surface area contributed by atoms with Gasteiger partial charge in [-0.3, -0.25) is 0 Å². The maximum absolute atomic E-state index is 9.52. The Kier molecular flexibility index (Phi) is 6.78. The lowest BCUT2D eigenvalue weighted by molar-refractivity contribution is 0.375. The highest BCUT2D eigenvalue weighted by Crippen LogP contribution is 2.45. The molecule has 3 nitrogen and oxygen atoms in total. The fourth-order valence-corrected chi connectivity index (χ4v) is 3.74.